The lowest BCUT2D eigenvalue weighted by atomic mass is 9.69. The van der Waals surface area contributed by atoms with Crippen molar-refractivity contribution in [2.75, 3.05) is 39.3 Å². The number of aromatic amines is 1. The van der Waals surface area contributed by atoms with Gasteiger partial charge in [-0.15, -0.1) is 0 Å². The van der Waals surface area contributed by atoms with E-state index in [1.165, 1.54) is 12.8 Å². The Morgan fingerprint density at radius 3 is 2.56 bits per heavy atom. The van der Waals surface area contributed by atoms with Crippen molar-refractivity contribution < 1.29 is 23.5 Å². The predicted molar refractivity (Wildman–Crippen MR) is 187 cm³/mol. The molecule has 8 unspecified atom stereocenters. The number of alkyl halides is 1. The molecule has 1 aromatic heterocycles. The zero-order valence-electron chi connectivity index (χ0n) is 29.0. The number of carbonyl (C=O) groups is 3. The van der Waals surface area contributed by atoms with E-state index >= 15 is 4.39 Å². The van der Waals surface area contributed by atoms with Crippen molar-refractivity contribution in [2.45, 2.75) is 119 Å². The number of piperidine rings is 1. The third kappa shape index (κ3) is 5.77. The largest absolute Gasteiger partial charge is 0.369 e. The molecular formula is C39H51FN6O4. The lowest BCUT2D eigenvalue weighted by molar-refractivity contribution is -0.210. The van der Waals surface area contributed by atoms with Crippen molar-refractivity contribution in [3.05, 3.63) is 47.8 Å². The lowest BCUT2D eigenvalue weighted by Gasteiger charge is -2.60. The van der Waals surface area contributed by atoms with Gasteiger partial charge in [0.15, 0.2) is 5.78 Å². The molecule has 8 atom stereocenters. The van der Waals surface area contributed by atoms with Crippen LogP contribution >= 0.6 is 0 Å². The zero-order valence-corrected chi connectivity index (χ0v) is 29.0. The molecule has 268 valence electrons. The highest BCUT2D eigenvalue weighted by atomic mass is 19.1. The molecule has 10 nitrogen and oxygen atoms in total. The number of ether oxygens (including phenoxy) is 1. The van der Waals surface area contributed by atoms with E-state index in [0.717, 1.165) is 74.5 Å². The maximum Gasteiger partial charge on any atom is 0.258 e. The summed E-state index contributed by atoms with van der Waals surface area (Å²) in [5.74, 6) is -1.01. The van der Waals surface area contributed by atoms with Crippen LogP contribution in [0, 0.1) is 5.92 Å². The molecule has 5 aliphatic heterocycles. The SMILES string of the molecule is O=C(Cc1c[nH]c2ccccc12)NC1CCN(C2C(F)CC3C(=O)C(C(=O)N4CCC(N5CCCC5)CC4)=CN4C5CCCCC5OC2C34)C1. The number of carbonyl (C=O) groups excluding carboxylic acids is 3. The Labute approximate surface area is 293 Å². The first-order valence-corrected chi connectivity index (χ1v) is 19.4. The van der Waals surface area contributed by atoms with Crippen molar-refractivity contribution in [2.24, 2.45) is 5.92 Å². The number of nitrogens with one attached hydrogen (secondary N) is 2. The molecule has 4 saturated heterocycles. The van der Waals surface area contributed by atoms with E-state index in [1.54, 1.807) is 0 Å². The number of hydrogen-bond acceptors (Lipinski definition) is 7. The second-order valence-electron chi connectivity index (χ2n) is 16.0. The quantitative estimate of drug-likeness (QED) is 0.449. The topological polar surface area (TPSA) is 101 Å². The van der Waals surface area contributed by atoms with Crippen molar-refractivity contribution >= 4 is 28.5 Å². The van der Waals surface area contributed by atoms with E-state index < -0.39 is 24.2 Å². The van der Waals surface area contributed by atoms with E-state index in [0.29, 0.717) is 32.2 Å². The Morgan fingerprint density at radius 2 is 1.72 bits per heavy atom. The van der Waals surface area contributed by atoms with Crippen molar-refractivity contribution in [1.29, 1.82) is 0 Å². The van der Waals surface area contributed by atoms with E-state index in [2.05, 4.69) is 25.0 Å². The monoisotopic (exact) mass is 686 g/mol. The first-order chi connectivity index (χ1) is 24.4. The van der Waals surface area contributed by atoms with E-state index in [4.69, 9.17) is 4.74 Å². The fourth-order valence-corrected chi connectivity index (χ4v) is 10.8. The molecule has 0 radical (unpaired) electrons. The molecule has 6 heterocycles. The number of aromatic nitrogens is 1. The summed E-state index contributed by atoms with van der Waals surface area (Å²) in [5, 5.41) is 4.27. The highest BCUT2D eigenvalue weighted by molar-refractivity contribution is 6.20. The summed E-state index contributed by atoms with van der Waals surface area (Å²) >= 11 is 0. The molecule has 2 amide bonds. The number of likely N-dealkylation sites (tertiary alicyclic amines) is 3. The van der Waals surface area contributed by atoms with Gasteiger partial charge in [-0.2, -0.15) is 0 Å². The molecule has 6 fully saturated rings. The molecule has 2 N–H and O–H groups in total. The summed E-state index contributed by atoms with van der Waals surface area (Å²) in [6.07, 6.45) is 11.5. The molecule has 7 aliphatic rings. The van der Waals surface area contributed by atoms with Crippen LogP contribution in [0.1, 0.15) is 69.8 Å². The first kappa shape index (κ1) is 32.6. The van der Waals surface area contributed by atoms with Crippen molar-refractivity contribution in [3.8, 4) is 0 Å². The van der Waals surface area contributed by atoms with E-state index in [-0.39, 0.29) is 60.2 Å². The molecule has 0 spiro atoms. The summed E-state index contributed by atoms with van der Waals surface area (Å²) in [6, 6.07) is 7.73. The fourth-order valence-electron chi connectivity index (χ4n) is 10.8. The summed E-state index contributed by atoms with van der Waals surface area (Å²) < 4.78 is 23.5. The Balaban J connectivity index is 0.909. The molecule has 50 heavy (non-hydrogen) atoms. The molecule has 11 heteroatoms. The second kappa shape index (κ2) is 13.4. The Bertz CT molecular complexity index is 1650. The standard InChI is InChI=1S/C39H51FN6O4/c40-30-20-28-35-38(36(30)45-16-11-25(22-45)42-34(47)19-24-21-41-31-8-2-1-7-27(24)31)50-33-10-4-3-9-32(33)46(35)23-29(37(28)48)39(49)44-17-12-26(13-18-44)43-14-5-6-15-43/h1-2,7-8,21,23,25-26,28,30,32-33,35-36,38,41H,3-6,9-20,22H2,(H,42,47). The average Bonchev–Trinajstić information content (AvgIpc) is 3.92. The van der Waals surface area contributed by atoms with Gasteiger partial charge in [-0.1, -0.05) is 31.0 Å². The number of halogens is 1. The zero-order chi connectivity index (χ0) is 33.9. The highest BCUT2D eigenvalue weighted by Crippen LogP contribution is 2.47. The van der Waals surface area contributed by atoms with Crippen LogP contribution < -0.4 is 5.32 Å². The molecule has 2 saturated carbocycles. The van der Waals surface area contributed by atoms with Crippen LogP contribution in [0.4, 0.5) is 4.39 Å². The minimum absolute atomic E-state index is 0.0345. The summed E-state index contributed by atoms with van der Waals surface area (Å²) in [6.45, 7) is 4.84. The maximum atomic E-state index is 16.6. The van der Waals surface area contributed by atoms with Crippen LogP contribution in [0.25, 0.3) is 10.9 Å². The summed E-state index contributed by atoms with van der Waals surface area (Å²) in [4.78, 5) is 53.6. The number of Topliss-reactive ketones (excluding diaryl/α,β-unsaturated/α-hetero) is 1. The Morgan fingerprint density at radius 1 is 0.920 bits per heavy atom. The van der Waals surface area contributed by atoms with Crippen LogP contribution in [0.5, 0.6) is 0 Å². The Hall–Kier alpha value is -3.28. The molecule has 1 aromatic carbocycles. The molecule has 0 bridgehead atoms. The normalized spacial score (nSPS) is 35.2. The van der Waals surface area contributed by atoms with Gasteiger partial charge in [-0.25, -0.2) is 4.39 Å². The average molecular weight is 687 g/mol. The van der Waals surface area contributed by atoms with Gasteiger partial charge in [0, 0.05) is 67.5 Å². The molecule has 2 aliphatic carbocycles. The third-order valence-electron chi connectivity index (χ3n) is 13.2. The summed E-state index contributed by atoms with van der Waals surface area (Å²) in [5.41, 5.74) is 2.23. The Kier molecular flexibility index (Phi) is 8.72. The number of morpholine rings is 1. The van der Waals surface area contributed by atoms with Crippen molar-refractivity contribution in [3.63, 3.8) is 0 Å². The number of H-pyrrole nitrogens is 1. The van der Waals surface area contributed by atoms with Gasteiger partial charge < -0.3 is 29.7 Å². The number of para-hydroxylation sites is 1. The van der Waals surface area contributed by atoms with Crippen molar-refractivity contribution in [1.82, 2.24) is 29.9 Å². The fraction of sp³-hybridized carbons (Fsp3) is 0.667. The van der Waals surface area contributed by atoms with Gasteiger partial charge in [0.25, 0.3) is 5.91 Å². The number of ketones is 1. The van der Waals surface area contributed by atoms with E-state index in [1.807, 2.05) is 41.6 Å². The van der Waals surface area contributed by atoms with Crippen LogP contribution in [0.15, 0.2) is 42.2 Å². The van der Waals surface area contributed by atoms with Crippen LogP contribution in [-0.2, 0) is 25.5 Å². The number of fused-ring (bicyclic) bond motifs is 3. The number of hydrogen-bond donors (Lipinski definition) is 2. The first-order valence-electron chi connectivity index (χ1n) is 19.4. The minimum atomic E-state index is -1.27. The van der Waals surface area contributed by atoms with Gasteiger partial charge >= 0.3 is 0 Å². The van der Waals surface area contributed by atoms with Crippen LogP contribution in [0.2, 0.25) is 0 Å². The third-order valence-corrected chi connectivity index (χ3v) is 13.2. The van der Waals surface area contributed by atoms with Gasteiger partial charge in [0.2, 0.25) is 5.91 Å². The number of rotatable bonds is 6. The number of amides is 2. The smallest absolute Gasteiger partial charge is 0.258 e. The predicted octanol–water partition coefficient (Wildman–Crippen LogP) is 3.56. The summed E-state index contributed by atoms with van der Waals surface area (Å²) in [7, 11) is 0. The highest BCUT2D eigenvalue weighted by Gasteiger charge is 2.60. The van der Waals surface area contributed by atoms with Gasteiger partial charge in [0.05, 0.1) is 42.3 Å². The van der Waals surface area contributed by atoms with E-state index in [9.17, 15) is 14.4 Å². The minimum Gasteiger partial charge on any atom is -0.369 e. The van der Waals surface area contributed by atoms with Gasteiger partial charge in [-0.3, -0.25) is 19.3 Å². The van der Waals surface area contributed by atoms with Crippen LogP contribution in [0.3, 0.4) is 0 Å². The second-order valence-corrected chi connectivity index (χ2v) is 16.0. The maximum absolute atomic E-state index is 16.6. The van der Waals surface area contributed by atoms with Gasteiger partial charge in [-0.05, 0) is 76.1 Å². The van der Waals surface area contributed by atoms with Gasteiger partial charge in [0.1, 0.15) is 6.17 Å². The molecule has 2 aromatic rings. The molecular weight excluding hydrogens is 635 g/mol. The molecule has 9 rings (SSSR count). The number of benzene rings is 1. The van der Waals surface area contributed by atoms with Crippen LogP contribution in [-0.4, -0.2) is 130 Å². The lowest BCUT2D eigenvalue weighted by Crippen LogP contribution is -2.73. The number of nitrogens with zero attached hydrogens (tertiary/aromatic N) is 4.